The van der Waals surface area contributed by atoms with Gasteiger partial charge < -0.3 is 29.6 Å². The molecule has 1 saturated heterocycles. The molecule has 166 valence electrons. The molecular formula is C23H28N2O6. The van der Waals surface area contributed by atoms with Gasteiger partial charge in [-0.1, -0.05) is 18.2 Å². The average Bonchev–Trinajstić information content (AvgIpc) is 2.83. The highest BCUT2D eigenvalue weighted by atomic mass is 16.5. The zero-order valence-electron chi connectivity index (χ0n) is 18.0. The molecule has 1 aliphatic heterocycles. The first kappa shape index (κ1) is 22.4. The van der Waals surface area contributed by atoms with Gasteiger partial charge in [0, 0.05) is 36.8 Å². The smallest absolute Gasteiger partial charge is 0.313 e. The Labute approximate surface area is 181 Å². The maximum atomic E-state index is 12.6. The minimum Gasteiger partial charge on any atom is -0.497 e. The summed E-state index contributed by atoms with van der Waals surface area (Å²) < 4.78 is 21.5. The van der Waals surface area contributed by atoms with E-state index in [-0.39, 0.29) is 5.41 Å². The van der Waals surface area contributed by atoms with Gasteiger partial charge in [-0.25, -0.2) is 0 Å². The summed E-state index contributed by atoms with van der Waals surface area (Å²) >= 11 is 0. The van der Waals surface area contributed by atoms with Crippen molar-refractivity contribution in [1.29, 1.82) is 0 Å². The van der Waals surface area contributed by atoms with E-state index in [1.54, 1.807) is 25.3 Å². The molecule has 0 atom stereocenters. The van der Waals surface area contributed by atoms with Gasteiger partial charge in [-0.15, -0.1) is 0 Å². The standard InChI is InChI=1S/C23H28N2O6/c1-28-16-8-9-18(20(14-16)30-3)25-22(27)21(26)24-15-23(10-12-31-13-11-23)17-6-4-5-7-19(17)29-2/h4-9,14H,10-13,15H2,1-3H3,(H,24,26)(H,25,27). The highest BCUT2D eigenvalue weighted by Crippen LogP contribution is 2.39. The number of nitrogens with one attached hydrogen (secondary N) is 2. The molecule has 0 radical (unpaired) electrons. The topological polar surface area (TPSA) is 95.1 Å². The number of hydrogen-bond acceptors (Lipinski definition) is 6. The minimum atomic E-state index is -0.772. The van der Waals surface area contributed by atoms with Crippen molar-refractivity contribution in [3.8, 4) is 17.2 Å². The fourth-order valence-electron chi connectivity index (χ4n) is 3.80. The zero-order valence-corrected chi connectivity index (χ0v) is 18.0. The van der Waals surface area contributed by atoms with Crippen molar-refractivity contribution < 1.29 is 28.5 Å². The summed E-state index contributed by atoms with van der Waals surface area (Å²) in [5.74, 6) is 0.239. The Balaban J connectivity index is 1.72. The van der Waals surface area contributed by atoms with Crippen LogP contribution >= 0.6 is 0 Å². The van der Waals surface area contributed by atoms with Crippen LogP contribution in [0, 0.1) is 0 Å². The largest absolute Gasteiger partial charge is 0.497 e. The van der Waals surface area contributed by atoms with Crippen LogP contribution < -0.4 is 24.8 Å². The number of rotatable bonds is 7. The van der Waals surface area contributed by atoms with E-state index in [4.69, 9.17) is 18.9 Å². The molecule has 0 spiro atoms. The number of hydrogen-bond donors (Lipinski definition) is 2. The van der Waals surface area contributed by atoms with E-state index >= 15 is 0 Å². The van der Waals surface area contributed by atoms with Gasteiger partial charge in [0.1, 0.15) is 17.2 Å². The predicted octanol–water partition coefficient (Wildman–Crippen LogP) is 2.52. The number of anilines is 1. The first-order valence-electron chi connectivity index (χ1n) is 10.1. The summed E-state index contributed by atoms with van der Waals surface area (Å²) in [4.78, 5) is 25.1. The number of ether oxygens (including phenoxy) is 4. The molecule has 8 heteroatoms. The maximum Gasteiger partial charge on any atom is 0.313 e. The second-order valence-corrected chi connectivity index (χ2v) is 7.30. The van der Waals surface area contributed by atoms with E-state index in [0.717, 1.165) is 11.3 Å². The normalized spacial score (nSPS) is 14.9. The highest BCUT2D eigenvalue weighted by molar-refractivity contribution is 6.39. The first-order valence-corrected chi connectivity index (χ1v) is 10.1. The molecule has 1 fully saturated rings. The lowest BCUT2D eigenvalue weighted by Crippen LogP contribution is -2.47. The number of methoxy groups -OCH3 is 3. The van der Waals surface area contributed by atoms with Crippen LogP contribution in [0.4, 0.5) is 5.69 Å². The van der Waals surface area contributed by atoms with Gasteiger partial charge in [-0.3, -0.25) is 9.59 Å². The van der Waals surface area contributed by atoms with Crippen molar-refractivity contribution in [2.24, 2.45) is 0 Å². The summed E-state index contributed by atoms with van der Waals surface area (Å²) in [5.41, 5.74) is 1.01. The molecule has 8 nitrogen and oxygen atoms in total. The summed E-state index contributed by atoms with van der Waals surface area (Å²) in [6.07, 6.45) is 1.42. The van der Waals surface area contributed by atoms with E-state index in [1.165, 1.54) is 14.2 Å². The van der Waals surface area contributed by atoms with Crippen LogP contribution in [0.2, 0.25) is 0 Å². The lowest BCUT2D eigenvalue weighted by molar-refractivity contribution is -0.136. The van der Waals surface area contributed by atoms with Crippen molar-refractivity contribution in [2.45, 2.75) is 18.3 Å². The van der Waals surface area contributed by atoms with E-state index in [2.05, 4.69) is 10.6 Å². The van der Waals surface area contributed by atoms with Gasteiger partial charge in [0.05, 0.1) is 27.0 Å². The average molecular weight is 428 g/mol. The molecule has 31 heavy (non-hydrogen) atoms. The highest BCUT2D eigenvalue weighted by Gasteiger charge is 2.37. The van der Waals surface area contributed by atoms with Crippen LogP contribution in [-0.2, 0) is 19.7 Å². The fraction of sp³-hybridized carbons (Fsp3) is 0.391. The van der Waals surface area contributed by atoms with E-state index < -0.39 is 11.8 Å². The van der Waals surface area contributed by atoms with Crippen LogP contribution in [0.5, 0.6) is 17.2 Å². The summed E-state index contributed by atoms with van der Waals surface area (Å²) in [7, 11) is 4.64. The third-order valence-electron chi connectivity index (χ3n) is 5.58. The fourth-order valence-corrected chi connectivity index (χ4v) is 3.80. The van der Waals surface area contributed by atoms with Gasteiger partial charge in [0.15, 0.2) is 0 Å². The number of para-hydroxylation sites is 1. The molecule has 0 aliphatic carbocycles. The maximum absolute atomic E-state index is 12.6. The Hall–Kier alpha value is -3.26. The Morgan fingerprint density at radius 3 is 2.32 bits per heavy atom. The van der Waals surface area contributed by atoms with Crippen molar-refractivity contribution in [1.82, 2.24) is 5.32 Å². The van der Waals surface area contributed by atoms with Gasteiger partial charge in [-0.05, 0) is 31.0 Å². The zero-order chi connectivity index (χ0) is 22.3. The van der Waals surface area contributed by atoms with E-state index in [1.807, 2.05) is 24.3 Å². The number of carbonyl (C=O) groups is 2. The van der Waals surface area contributed by atoms with E-state index in [0.29, 0.717) is 49.8 Å². The first-order chi connectivity index (χ1) is 15.0. The molecule has 1 heterocycles. The monoisotopic (exact) mass is 428 g/mol. The molecule has 3 rings (SSSR count). The Bertz CT molecular complexity index is 924. The Morgan fingerprint density at radius 2 is 1.65 bits per heavy atom. The van der Waals surface area contributed by atoms with E-state index in [9.17, 15) is 9.59 Å². The van der Waals surface area contributed by atoms with Gasteiger partial charge in [0.2, 0.25) is 0 Å². The Morgan fingerprint density at radius 1 is 0.935 bits per heavy atom. The van der Waals surface area contributed by atoms with Crippen LogP contribution in [0.25, 0.3) is 0 Å². The molecular weight excluding hydrogens is 400 g/mol. The van der Waals surface area contributed by atoms with Gasteiger partial charge in [0.25, 0.3) is 0 Å². The third-order valence-corrected chi connectivity index (χ3v) is 5.58. The van der Waals surface area contributed by atoms with Crippen molar-refractivity contribution in [3.05, 3.63) is 48.0 Å². The molecule has 2 aromatic carbocycles. The summed E-state index contributed by atoms with van der Waals surface area (Å²) in [6, 6.07) is 12.7. The number of carbonyl (C=O) groups excluding carboxylic acids is 2. The quantitative estimate of drug-likeness (QED) is 0.658. The number of benzene rings is 2. The molecule has 0 aromatic heterocycles. The van der Waals surface area contributed by atoms with Crippen LogP contribution in [0.3, 0.4) is 0 Å². The van der Waals surface area contributed by atoms with Gasteiger partial charge in [-0.2, -0.15) is 0 Å². The Kier molecular flexibility index (Phi) is 7.36. The molecule has 0 saturated carbocycles. The molecule has 2 N–H and O–H groups in total. The van der Waals surface area contributed by atoms with Crippen LogP contribution in [-0.4, -0.2) is 52.9 Å². The number of amides is 2. The summed E-state index contributed by atoms with van der Waals surface area (Å²) in [5, 5.41) is 5.39. The van der Waals surface area contributed by atoms with Gasteiger partial charge >= 0.3 is 11.8 Å². The second kappa shape index (κ2) is 10.2. The predicted molar refractivity (Wildman–Crippen MR) is 116 cm³/mol. The minimum absolute atomic E-state index is 0.294. The third kappa shape index (κ3) is 5.08. The molecule has 0 unspecified atom stereocenters. The lowest BCUT2D eigenvalue weighted by Gasteiger charge is -2.38. The van der Waals surface area contributed by atoms with Crippen LogP contribution in [0.1, 0.15) is 18.4 Å². The van der Waals surface area contributed by atoms with Crippen molar-refractivity contribution in [2.75, 3.05) is 46.4 Å². The summed E-state index contributed by atoms with van der Waals surface area (Å²) in [6.45, 7) is 1.44. The second-order valence-electron chi connectivity index (χ2n) is 7.30. The molecule has 2 aromatic rings. The lowest BCUT2D eigenvalue weighted by atomic mass is 9.73. The van der Waals surface area contributed by atoms with Crippen LogP contribution in [0.15, 0.2) is 42.5 Å². The van der Waals surface area contributed by atoms with Crippen molar-refractivity contribution in [3.63, 3.8) is 0 Å². The van der Waals surface area contributed by atoms with Crippen molar-refractivity contribution >= 4 is 17.5 Å². The molecule has 1 aliphatic rings. The SMILES string of the molecule is COc1ccc(NC(=O)C(=O)NCC2(c3ccccc3OC)CCOCC2)c(OC)c1. The molecule has 2 amide bonds. The molecule has 0 bridgehead atoms.